The summed E-state index contributed by atoms with van der Waals surface area (Å²) in [5.41, 5.74) is 10.0. The molecule has 0 saturated carbocycles. The van der Waals surface area contributed by atoms with Gasteiger partial charge in [-0.15, -0.1) is 0 Å². The van der Waals surface area contributed by atoms with Crippen molar-refractivity contribution in [1.29, 1.82) is 0 Å². The first kappa shape index (κ1) is 24.2. The number of aryl methyl sites for hydroxylation is 1. The van der Waals surface area contributed by atoms with Crippen LogP contribution in [0.25, 0.3) is 11.0 Å². The van der Waals surface area contributed by atoms with Gasteiger partial charge in [-0.3, -0.25) is 19.8 Å². The van der Waals surface area contributed by atoms with Crippen molar-refractivity contribution in [2.75, 3.05) is 6.54 Å². The third kappa shape index (κ3) is 5.22. The van der Waals surface area contributed by atoms with Gasteiger partial charge in [0.15, 0.2) is 0 Å². The van der Waals surface area contributed by atoms with Crippen molar-refractivity contribution >= 4 is 11.0 Å². The molecule has 196 valence electrons. The zero-order valence-electron chi connectivity index (χ0n) is 22.3. The lowest BCUT2D eigenvalue weighted by molar-refractivity contribution is 0.153. The molecule has 3 aromatic heterocycles. The van der Waals surface area contributed by atoms with Crippen LogP contribution in [-0.4, -0.2) is 36.3 Å². The summed E-state index contributed by atoms with van der Waals surface area (Å²) in [6, 6.07) is 26.4. The van der Waals surface area contributed by atoms with Crippen molar-refractivity contribution in [2.45, 2.75) is 57.9 Å². The lowest BCUT2D eigenvalue weighted by Gasteiger charge is -2.34. The van der Waals surface area contributed by atoms with E-state index >= 15 is 0 Å². The number of hydrogen-bond acceptors (Lipinski definition) is 5. The zero-order chi connectivity index (χ0) is 26.0. The van der Waals surface area contributed by atoms with Crippen LogP contribution in [0.2, 0.25) is 0 Å². The number of fused-ring (bicyclic) bond motifs is 3. The summed E-state index contributed by atoms with van der Waals surface area (Å²) in [6.45, 7) is 4.59. The van der Waals surface area contributed by atoms with Crippen LogP contribution in [0.4, 0.5) is 0 Å². The predicted octanol–water partition coefficient (Wildman–Crippen LogP) is 5.99. The van der Waals surface area contributed by atoms with Crippen molar-refractivity contribution in [3.63, 3.8) is 0 Å². The number of pyridine rings is 2. The maximum absolute atomic E-state index is 4.91. The number of aromatic nitrogens is 4. The first-order chi connectivity index (χ1) is 19.3. The Hall–Kier alpha value is -3.87. The summed E-state index contributed by atoms with van der Waals surface area (Å²) in [4.78, 5) is 23.0. The molecule has 6 nitrogen and oxygen atoms in total. The Morgan fingerprint density at radius 1 is 0.821 bits per heavy atom. The Balaban J connectivity index is 1.11. The number of H-pyrrole nitrogens is 1. The van der Waals surface area contributed by atoms with Crippen molar-refractivity contribution in [2.24, 2.45) is 0 Å². The van der Waals surface area contributed by atoms with Gasteiger partial charge >= 0.3 is 0 Å². The number of benzene rings is 2. The monoisotopic (exact) mass is 514 g/mol. The summed E-state index contributed by atoms with van der Waals surface area (Å²) >= 11 is 0. The molecule has 39 heavy (non-hydrogen) atoms. The maximum Gasteiger partial charge on any atom is 0.121 e. The van der Waals surface area contributed by atoms with Crippen LogP contribution < -0.4 is 0 Å². The molecular formula is C33H34N6. The first-order valence-corrected chi connectivity index (χ1v) is 14.1. The second kappa shape index (κ2) is 10.7. The number of imidazole rings is 1. The molecule has 2 aromatic carbocycles. The fourth-order valence-electron chi connectivity index (χ4n) is 6.28. The van der Waals surface area contributed by atoms with E-state index in [1.807, 2.05) is 24.5 Å². The fourth-order valence-corrected chi connectivity index (χ4v) is 6.28. The van der Waals surface area contributed by atoms with E-state index in [2.05, 4.69) is 80.4 Å². The van der Waals surface area contributed by atoms with E-state index in [0.29, 0.717) is 0 Å². The minimum absolute atomic E-state index is 0.281. The highest BCUT2D eigenvalue weighted by Gasteiger charge is 2.28. The van der Waals surface area contributed by atoms with E-state index in [1.165, 1.54) is 40.1 Å². The highest BCUT2D eigenvalue weighted by atomic mass is 15.2. The van der Waals surface area contributed by atoms with Crippen molar-refractivity contribution in [1.82, 2.24) is 29.7 Å². The van der Waals surface area contributed by atoms with Gasteiger partial charge in [0.1, 0.15) is 5.82 Å². The Morgan fingerprint density at radius 2 is 1.64 bits per heavy atom. The second-order valence-electron chi connectivity index (χ2n) is 10.9. The Labute approximate surface area is 229 Å². The quantitative estimate of drug-likeness (QED) is 0.289. The zero-order valence-corrected chi connectivity index (χ0v) is 22.3. The average Bonchev–Trinajstić information content (AvgIpc) is 3.40. The third-order valence-electron chi connectivity index (χ3n) is 8.27. The molecule has 0 fully saturated rings. The highest BCUT2D eigenvalue weighted by Crippen LogP contribution is 2.35. The summed E-state index contributed by atoms with van der Waals surface area (Å²) in [7, 11) is 0. The maximum atomic E-state index is 4.91. The Morgan fingerprint density at radius 3 is 2.54 bits per heavy atom. The molecule has 0 saturated heterocycles. The van der Waals surface area contributed by atoms with Crippen LogP contribution in [-0.2, 0) is 39.0 Å². The van der Waals surface area contributed by atoms with Crippen LogP contribution in [0.15, 0.2) is 85.2 Å². The topological polar surface area (TPSA) is 60.9 Å². The molecule has 6 heteroatoms. The Bertz CT molecular complexity index is 1540. The molecule has 1 atom stereocenters. The highest BCUT2D eigenvalue weighted by molar-refractivity contribution is 5.74. The van der Waals surface area contributed by atoms with Gasteiger partial charge in [-0.2, -0.15) is 0 Å². The smallest absolute Gasteiger partial charge is 0.121 e. The van der Waals surface area contributed by atoms with Crippen LogP contribution >= 0.6 is 0 Å². The molecule has 1 aliphatic heterocycles. The minimum Gasteiger partial charge on any atom is -0.341 e. The van der Waals surface area contributed by atoms with Gasteiger partial charge in [-0.05, 0) is 72.2 Å². The summed E-state index contributed by atoms with van der Waals surface area (Å²) in [6.07, 6.45) is 8.35. The number of rotatable bonds is 7. The van der Waals surface area contributed by atoms with Gasteiger partial charge in [-0.25, -0.2) is 4.98 Å². The number of aromatic amines is 1. The number of hydrogen-bond donors (Lipinski definition) is 1. The Kier molecular flexibility index (Phi) is 6.65. The van der Waals surface area contributed by atoms with E-state index in [4.69, 9.17) is 9.97 Å². The SMILES string of the molecule is c1cnc2c(c1)CCN(Cc1ccc(CN(Cc3nc4ccccc4[nH]3)C3CCCc4cccnc43)cc1)C2. The average molecular weight is 515 g/mol. The van der Waals surface area contributed by atoms with Gasteiger partial charge in [-0.1, -0.05) is 48.5 Å². The number of para-hydroxylation sites is 2. The van der Waals surface area contributed by atoms with Crippen LogP contribution in [0.5, 0.6) is 0 Å². The van der Waals surface area contributed by atoms with Crippen LogP contribution in [0, 0.1) is 0 Å². The van der Waals surface area contributed by atoms with E-state index in [0.717, 1.165) is 68.8 Å². The molecule has 1 aliphatic carbocycles. The van der Waals surface area contributed by atoms with Crippen molar-refractivity contribution in [3.05, 3.63) is 125 Å². The largest absolute Gasteiger partial charge is 0.341 e. The van der Waals surface area contributed by atoms with Crippen LogP contribution in [0.1, 0.15) is 58.3 Å². The van der Waals surface area contributed by atoms with E-state index in [1.54, 1.807) is 0 Å². The van der Waals surface area contributed by atoms with E-state index in [9.17, 15) is 0 Å². The van der Waals surface area contributed by atoms with E-state index < -0.39 is 0 Å². The predicted molar refractivity (Wildman–Crippen MR) is 154 cm³/mol. The molecule has 1 N–H and O–H groups in total. The standard InChI is InChI=1S/C33H34N6/c1-2-10-29-28(9-1)36-32(37-29)23-39(31-11-3-6-27-8-5-18-35-33(27)31)21-25-14-12-24(13-15-25)20-38-19-16-26-7-4-17-34-30(26)22-38/h1-2,4-5,7-10,12-15,17-18,31H,3,6,11,16,19-23H2,(H,36,37). The summed E-state index contributed by atoms with van der Waals surface area (Å²) < 4.78 is 0. The van der Waals surface area contributed by atoms with E-state index in [-0.39, 0.29) is 6.04 Å². The fraction of sp³-hybridized carbons (Fsp3) is 0.303. The first-order valence-electron chi connectivity index (χ1n) is 14.1. The van der Waals surface area contributed by atoms with Gasteiger partial charge in [0.05, 0.1) is 35.0 Å². The normalized spacial score (nSPS) is 17.3. The summed E-state index contributed by atoms with van der Waals surface area (Å²) in [5.74, 6) is 1.01. The van der Waals surface area contributed by atoms with Crippen LogP contribution in [0.3, 0.4) is 0 Å². The molecule has 4 heterocycles. The summed E-state index contributed by atoms with van der Waals surface area (Å²) in [5, 5.41) is 0. The third-order valence-corrected chi connectivity index (χ3v) is 8.27. The van der Waals surface area contributed by atoms with Gasteiger partial charge in [0.25, 0.3) is 0 Å². The van der Waals surface area contributed by atoms with Crippen molar-refractivity contribution < 1.29 is 0 Å². The number of nitrogens with zero attached hydrogens (tertiary/aromatic N) is 5. The molecule has 1 unspecified atom stereocenters. The lowest BCUT2D eigenvalue weighted by Crippen LogP contribution is -2.32. The molecule has 2 aliphatic rings. The lowest BCUT2D eigenvalue weighted by atomic mass is 9.90. The molecule has 5 aromatic rings. The van der Waals surface area contributed by atoms with Crippen molar-refractivity contribution in [3.8, 4) is 0 Å². The molecular weight excluding hydrogens is 480 g/mol. The number of nitrogens with one attached hydrogen (secondary N) is 1. The van der Waals surface area contributed by atoms with Gasteiger partial charge < -0.3 is 4.98 Å². The van der Waals surface area contributed by atoms with Gasteiger partial charge in [0.2, 0.25) is 0 Å². The second-order valence-corrected chi connectivity index (χ2v) is 10.9. The molecule has 0 amide bonds. The van der Waals surface area contributed by atoms with Gasteiger partial charge in [0, 0.05) is 38.6 Å². The minimum atomic E-state index is 0.281. The molecule has 0 radical (unpaired) electrons. The molecule has 7 rings (SSSR count). The molecule has 0 bridgehead atoms. The molecule has 0 spiro atoms.